The molecule has 0 heterocycles. The van der Waals surface area contributed by atoms with Crippen LogP contribution in [0.5, 0.6) is 0 Å². The quantitative estimate of drug-likeness (QED) is 0.776. The van der Waals surface area contributed by atoms with Gasteiger partial charge >= 0.3 is 0 Å². The molecular formula is C11H17FN2O3S. The van der Waals surface area contributed by atoms with Gasteiger partial charge in [-0.1, -0.05) is 6.07 Å². The highest BCUT2D eigenvalue weighted by Crippen LogP contribution is 2.16. The highest BCUT2D eigenvalue weighted by Gasteiger charge is 2.18. The minimum atomic E-state index is -3.88. The van der Waals surface area contributed by atoms with Gasteiger partial charge in [0.15, 0.2) is 0 Å². The van der Waals surface area contributed by atoms with E-state index in [1.807, 2.05) is 4.90 Å². The Hall–Kier alpha value is -1.02. The first-order chi connectivity index (χ1) is 8.36. The van der Waals surface area contributed by atoms with Gasteiger partial charge in [-0.15, -0.1) is 0 Å². The highest BCUT2D eigenvalue weighted by molar-refractivity contribution is 7.89. The SMILES string of the molecule is CN(C)CCNS(=O)(=O)c1cc(CO)ccc1F. The second-order valence-corrected chi connectivity index (χ2v) is 5.86. The molecule has 1 rings (SSSR count). The molecule has 18 heavy (non-hydrogen) atoms. The average Bonchev–Trinajstić information content (AvgIpc) is 2.28. The summed E-state index contributed by atoms with van der Waals surface area (Å²) < 4.78 is 39.5. The molecule has 0 aliphatic heterocycles. The van der Waals surface area contributed by atoms with Crippen molar-refractivity contribution < 1.29 is 17.9 Å². The molecule has 0 saturated heterocycles. The van der Waals surface area contributed by atoms with Crippen molar-refractivity contribution in [2.45, 2.75) is 11.5 Å². The summed E-state index contributed by atoms with van der Waals surface area (Å²) in [5, 5.41) is 8.92. The van der Waals surface area contributed by atoms with Crippen LogP contribution in [0, 0.1) is 5.82 Å². The molecule has 0 aliphatic carbocycles. The lowest BCUT2D eigenvalue weighted by molar-refractivity contribution is 0.281. The van der Waals surface area contributed by atoms with Crippen molar-refractivity contribution in [1.82, 2.24) is 9.62 Å². The number of halogens is 1. The van der Waals surface area contributed by atoms with Crippen LogP contribution >= 0.6 is 0 Å². The summed E-state index contributed by atoms with van der Waals surface area (Å²) >= 11 is 0. The molecule has 1 aromatic carbocycles. The Morgan fingerprint density at radius 3 is 2.61 bits per heavy atom. The molecule has 0 fully saturated rings. The molecule has 0 bridgehead atoms. The topological polar surface area (TPSA) is 69.6 Å². The highest BCUT2D eigenvalue weighted by atomic mass is 32.2. The van der Waals surface area contributed by atoms with Crippen LogP contribution in [-0.4, -0.2) is 45.6 Å². The van der Waals surface area contributed by atoms with Gasteiger partial charge < -0.3 is 10.0 Å². The summed E-state index contributed by atoms with van der Waals surface area (Å²) in [5.41, 5.74) is 0.351. The molecule has 0 aromatic heterocycles. The minimum absolute atomic E-state index is 0.193. The summed E-state index contributed by atoms with van der Waals surface area (Å²) in [7, 11) is -0.268. The number of likely N-dealkylation sites (N-methyl/N-ethyl adjacent to an activating group) is 1. The van der Waals surface area contributed by atoms with E-state index in [9.17, 15) is 12.8 Å². The van der Waals surface area contributed by atoms with Gasteiger partial charge in [-0.05, 0) is 31.8 Å². The van der Waals surface area contributed by atoms with E-state index in [1.165, 1.54) is 6.07 Å². The Morgan fingerprint density at radius 1 is 1.39 bits per heavy atom. The largest absolute Gasteiger partial charge is 0.392 e. The summed E-state index contributed by atoms with van der Waals surface area (Å²) in [5.74, 6) is -0.829. The number of nitrogens with zero attached hydrogens (tertiary/aromatic N) is 1. The Labute approximate surface area is 106 Å². The van der Waals surface area contributed by atoms with Crippen molar-refractivity contribution in [2.24, 2.45) is 0 Å². The van der Waals surface area contributed by atoms with Gasteiger partial charge in [-0.2, -0.15) is 0 Å². The fraction of sp³-hybridized carbons (Fsp3) is 0.455. The van der Waals surface area contributed by atoms with E-state index in [2.05, 4.69) is 4.72 Å². The smallest absolute Gasteiger partial charge is 0.243 e. The predicted octanol–water partition coefficient (Wildman–Crippen LogP) is 0.158. The van der Waals surface area contributed by atoms with Crippen LogP contribution in [0.3, 0.4) is 0 Å². The molecule has 0 unspecified atom stereocenters. The van der Waals surface area contributed by atoms with Gasteiger partial charge in [0.1, 0.15) is 10.7 Å². The first-order valence-electron chi connectivity index (χ1n) is 5.40. The van der Waals surface area contributed by atoms with E-state index in [4.69, 9.17) is 5.11 Å². The zero-order valence-corrected chi connectivity index (χ0v) is 11.2. The van der Waals surface area contributed by atoms with Gasteiger partial charge in [0.25, 0.3) is 0 Å². The molecule has 102 valence electrons. The maximum atomic E-state index is 13.5. The van der Waals surface area contributed by atoms with Crippen LogP contribution in [0.2, 0.25) is 0 Å². The summed E-state index contributed by atoms with van der Waals surface area (Å²) in [6, 6.07) is 3.51. The van der Waals surface area contributed by atoms with Gasteiger partial charge in [0.05, 0.1) is 6.61 Å². The Kier molecular flexibility index (Phi) is 5.21. The molecule has 5 nitrogen and oxygen atoms in total. The van der Waals surface area contributed by atoms with E-state index in [0.29, 0.717) is 12.1 Å². The number of hydrogen-bond donors (Lipinski definition) is 2. The van der Waals surface area contributed by atoms with Gasteiger partial charge in [-0.3, -0.25) is 0 Å². The predicted molar refractivity (Wildman–Crippen MR) is 66.1 cm³/mol. The zero-order chi connectivity index (χ0) is 13.8. The van der Waals surface area contributed by atoms with Crippen LogP contribution < -0.4 is 4.72 Å². The third-order valence-electron chi connectivity index (χ3n) is 2.32. The average molecular weight is 276 g/mol. The first-order valence-corrected chi connectivity index (χ1v) is 6.89. The summed E-state index contributed by atoms with van der Waals surface area (Å²) in [6.07, 6.45) is 0. The Morgan fingerprint density at radius 2 is 2.06 bits per heavy atom. The van der Waals surface area contributed by atoms with Crippen molar-refractivity contribution >= 4 is 10.0 Å². The van der Waals surface area contributed by atoms with Crippen LogP contribution in [0.25, 0.3) is 0 Å². The molecule has 0 atom stereocenters. The lowest BCUT2D eigenvalue weighted by atomic mass is 10.2. The fourth-order valence-corrected chi connectivity index (χ4v) is 2.48. The van der Waals surface area contributed by atoms with Gasteiger partial charge in [-0.25, -0.2) is 17.5 Å². The molecule has 0 spiro atoms. The van der Waals surface area contributed by atoms with Crippen LogP contribution in [0.1, 0.15) is 5.56 Å². The summed E-state index contributed by atoms with van der Waals surface area (Å²) in [4.78, 5) is 1.37. The third kappa shape index (κ3) is 4.02. The van der Waals surface area contributed by atoms with Crippen LogP contribution in [0.4, 0.5) is 4.39 Å². The molecule has 2 N–H and O–H groups in total. The molecular weight excluding hydrogens is 259 g/mol. The number of sulfonamides is 1. The van der Waals surface area contributed by atoms with Crippen molar-refractivity contribution in [3.63, 3.8) is 0 Å². The molecule has 1 aromatic rings. The second kappa shape index (κ2) is 6.24. The van der Waals surface area contributed by atoms with E-state index < -0.39 is 20.7 Å². The Bertz CT molecular complexity index is 503. The third-order valence-corrected chi connectivity index (χ3v) is 3.79. The van der Waals surface area contributed by atoms with E-state index in [-0.39, 0.29) is 13.2 Å². The normalized spacial score (nSPS) is 12.1. The molecule has 0 amide bonds. The number of aliphatic hydroxyl groups excluding tert-OH is 1. The molecule has 0 aliphatic rings. The number of aliphatic hydroxyl groups is 1. The van der Waals surface area contributed by atoms with Gasteiger partial charge in [0.2, 0.25) is 10.0 Å². The monoisotopic (exact) mass is 276 g/mol. The number of benzene rings is 1. The van der Waals surface area contributed by atoms with Crippen molar-refractivity contribution in [2.75, 3.05) is 27.2 Å². The van der Waals surface area contributed by atoms with Crippen molar-refractivity contribution in [1.29, 1.82) is 0 Å². The number of rotatable bonds is 6. The maximum absolute atomic E-state index is 13.5. The lowest BCUT2D eigenvalue weighted by Crippen LogP contribution is -2.31. The van der Waals surface area contributed by atoms with Crippen LogP contribution in [0.15, 0.2) is 23.1 Å². The minimum Gasteiger partial charge on any atom is -0.392 e. The molecule has 0 radical (unpaired) electrons. The van der Waals surface area contributed by atoms with Crippen LogP contribution in [-0.2, 0) is 16.6 Å². The zero-order valence-electron chi connectivity index (χ0n) is 10.4. The maximum Gasteiger partial charge on any atom is 0.243 e. The lowest BCUT2D eigenvalue weighted by Gasteiger charge is -2.12. The van der Waals surface area contributed by atoms with E-state index in [1.54, 1.807) is 14.1 Å². The summed E-state index contributed by atoms with van der Waals surface area (Å²) in [6.45, 7) is 0.374. The number of hydrogen-bond acceptors (Lipinski definition) is 4. The van der Waals surface area contributed by atoms with Crippen molar-refractivity contribution in [3.05, 3.63) is 29.6 Å². The van der Waals surface area contributed by atoms with E-state index in [0.717, 1.165) is 12.1 Å². The standard InChI is InChI=1S/C11H17FN2O3S/c1-14(2)6-5-13-18(16,17)11-7-9(8-15)3-4-10(11)12/h3-4,7,13,15H,5-6,8H2,1-2H3. The van der Waals surface area contributed by atoms with Crippen molar-refractivity contribution in [3.8, 4) is 0 Å². The van der Waals surface area contributed by atoms with Gasteiger partial charge in [0, 0.05) is 13.1 Å². The molecule has 7 heteroatoms. The number of nitrogens with one attached hydrogen (secondary N) is 1. The Balaban J connectivity index is 2.90. The van der Waals surface area contributed by atoms with E-state index >= 15 is 0 Å². The molecule has 0 saturated carbocycles. The first kappa shape index (κ1) is 15.0. The second-order valence-electron chi connectivity index (χ2n) is 4.12. The fourth-order valence-electron chi connectivity index (χ4n) is 1.33.